The molecule has 0 saturated carbocycles. The zero-order valence-corrected chi connectivity index (χ0v) is 18.5. The lowest BCUT2D eigenvalue weighted by atomic mass is 10.0. The van der Waals surface area contributed by atoms with Crippen LogP contribution in [-0.2, 0) is 22.9 Å². The van der Waals surface area contributed by atoms with E-state index in [1.165, 1.54) is 0 Å². The molecule has 2 unspecified atom stereocenters. The molecule has 0 fully saturated rings. The van der Waals surface area contributed by atoms with Crippen molar-refractivity contribution in [2.24, 2.45) is 11.8 Å². The predicted octanol–water partition coefficient (Wildman–Crippen LogP) is 6.56. The minimum Gasteiger partial charge on any atom is -0.297 e. The number of phosphoric ester groups is 1. The molecular formula is C20H41O5P. The second kappa shape index (κ2) is 15.8. The molecule has 26 heavy (non-hydrogen) atoms. The van der Waals surface area contributed by atoms with Crippen molar-refractivity contribution >= 4 is 13.6 Å². The van der Waals surface area contributed by atoms with E-state index in [0.29, 0.717) is 31.5 Å². The van der Waals surface area contributed by atoms with Crippen LogP contribution in [0.5, 0.6) is 0 Å². The maximum Gasteiger partial charge on any atom is 0.475 e. The minimum atomic E-state index is -3.71. The lowest BCUT2D eigenvalue weighted by Gasteiger charge is -2.23. The van der Waals surface area contributed by atoms with Gasteiger partial charge >= 0.3 is 7.82 Å². The second-order valence-electron chi connectivity index (χ2n) is 7.04. The molecule has 0 aliphatic heterocycles. The highest BCUT2D eigenvalue weighted by Crippen LogP contribution is 2.50. The average Bonchev–Trinajstić information content (AvgIpc) is 2.66. The van der Waals surface area contributed by atoms with Gasteiger partial charge in [0.2, 0.25) is 0 Å². The summed E-state index contributed by atoms with van der Waals surface area (Å²) in [6.07, 6.45) is 8.84. The van der Waals surface area contributed by atoms with Crippen LogP contribution in [0.1, 0.15) is 92.4 Å². The van der Waals surface area contributed by atoms with Crippen molar-refractivity contribution in [2.45, 2.75) is 92.4 Å². The Labute approximate surface area is 161 Å². The molecule has 6 heteroatoms. The number of Topliss-reactive ketones (excluding diaryl/α,β-unsaturated/α-hetero) is 1. The molecule has 0 heterocycles. The Morgan fingerprint density at radius 3 is 1.62 bits per heavy atom. The van der Waals surface area contributed by atoms with Crippen molar-refractivity contribution in [3.8, 4) is 0 Å². The van der Waals surface area contributed by atoms with Gasteiger partial charge in [-0.15, -0.1) is 0 Å². The van der Waals surface area contributed by atoms with Gasteiger partial charge in [-0.3, -0.25) is 18.4 Å². The van der Waals surface area contributed by atoms with E-state index < -0.39 is 7.82 Å². The lowest BCUT2D eigenvalue weighted by molar-refractivity contribution is -0.121. The van der Waals surface area contributed by atoms with Crippen LogP contribution in [0.15, 0.2) is 0 Å². The number of phosphoric acid groups is 1. The molecule has 156 valence electrons. The molecule has 0 rings (SSSR count). The van der Waals surface area contributed by atoms with Crippen LogP contribution in [0.2, 0.25) is 0 Å². The number of hydrogen-bond acceptors (Lipinski definition) is 5. The minimum absolute atomic E-state index is 0.103. The summed E-state index contributed by atoms with van der Waals surface area (Å²) in [6, 6.07) is 0. The second-order valence-corrected chi connectivity index (χ2v) is 8.71. The number of carbonyl (C=O) groups is 1. The summed E-state index contributed by atoms with van der Waals surface area (Å²) in [4.78, 5) is 11.6. The summed E-state index contributed by atoms with van der Waals surface area (Å²) in [5.74, 6) is 0.562. The fourth-order valence-corrected chi connectivity index (χ4v) is 3.87. The van der Waals surface area contributed by atoms with E-state index in [9.17, 15) is 9.36 Å². The van der Waals surface area contributed by atoms with E-state index in [-0.39, 0.29) is 12.4 Å². The standard InChI is InChI=1S/C20H41O5P/c1-6-11-13-18(8-3)15-23-26(22,25-17-20(21)10-5)24-16-19(9-4)14-12-7-2/h18-19H,6-17H2,1-5H3. The van der Waals surface area contributed by atoms with Crippen molar-refractivity contribution in [3.05, 3.63) is 0 Å². The Bertz CT molecular complexity index is 376. The van der Waals surface area contributed by atoms with Crippen LogP contribution in [0.4, 0.5) is 0 Å². The first-order valence-corrected chi connectivity index (χ1v) is 12.0. The topological polar surface area (TPSA) is 61.8 Å². The van der Waals surface area contributed by atoms with E-state index in [1.54, 1.807) is 6.92 Å². The maximum absolute atomic E-state index is 13.0. The van der Waals surface area contributed by atoms with Crippen LogP contribution in [0.3, 0.4) is 0 Å². The molecule has 0 amide bonds. The molecule has 2 atom stereocenters. The monoisotopic (exact) mass is 392 g/mol. The van der Waals surface area contributed by atoms with Crippen molar-refractivity contribution in [2.75, 3.05) is 19.8 Å². The number of hydrogen-bond donors (Lipinski definition) is 0. The van der Waals surface area contributed by atoms with Gasteiger partial charge in [0.15, 0.2) is 5.78 Å². The molecule has 0 bridgehead atoms. The fraction of sp³-hybridized carbons (Fsp3) is 0.950. The Kier molecular flexibility index (Phi) is 15.7. The molecule has 0 aromatic carbocycles. The lowest BCUT2D eigenvalue weighted by Crippen LogP contribution is -2.15. The Balaban J connectivity index is 4.76. The first-order chi connectivity index (χ1) is 12.4. The number of unbranched alkanes of at least 4 members (excludes halogenated alkanes) is 2. The Morgan fingerprint density at radius 2 is 1.27 bits per heavy atom. The Hall–Kier alpha value is -0.220. The van der Waals surface area contributed by atoms with Gasteiger partial charge in [-0.05, 0) is 24.7 Å². The molecule has 0 aromatic rings. The molecule has 0 spiro atoms. The van der Waals surface area contributed by atoms with Crippen LogP contribution in [-0.4, -0.2) is 25.6 Å². The van der Waals surface area contributed by atoms with Crippen molar-refractivity contribution in [1.82, 2.24) is 0 Å². The van der Waals surface area contributed by atoms with Gasteiger partial charge in [0, 0.05) is 6.42 Å². The molecule has 0 N–H and O–H groups in total. The van der Waals surface area contributed by atoms with Crippen LogP contribution < -0.4 is 0 Å². The fourth-order valence-electron chi connectivity index (χ4n) is 2.55. The normalized spacial score (nSPS) is 16.2. The van der Waals surface area contributed by atoms with Crippen molar-refractivity contribution in [1.29, 1.82) is 0 Å². The summed E-state index contributed by atoms with van der Waals surface area (Å²) < 4.78 is 29.6. The van der Waals surface area contributed by atoms with Gasteiger partial charge in [0.1, 0.15) is 6.61 Å². The van der Waals surface area contributed by atoms with Crippen LogP contribution in [0.25, 0.3) is 0 Å². The first kappa shape index (κ1) is 25.8. The molecule has 0 saturated heterocycles. The van der Waals surface area contributed by atoms with Gasteiger partial charge in [0.05, 0.1) is 13.2 Å². The third-order valence-electron chi connectivity index (χ3n) is 4.80. The van der Waals surface area contributed by atoms with Gasteiger partial charge in [-0.2, -0.15) is 0 Å². The zero-order valence-electron chi connectivity index (χ0n) is 17.6. The summed E-state index contributed by atoms with van der Waals surface area (Å²) in [5, 5.41) is 0. The zero-order chi connectivity index (χ0) is 19.8. The molecule has 0 aliphatic rings. The van der Waals surface area contributed by atoms with Gasteiger partial charge in [0.25, 0.3) is 0 Å². The predicted molar refractivity (Wildman–Crippen MR) is 107 cm³/mol. The van der Waals surface area contributed by atoms with Gasteiger partial charge in [-0.1, -0.05) is 73.1 Å². The maximum atomic E-state index is 13.0. The van der Waals surface area contributed by atoms with E-state index >= 15 is 0 Å². The Morgan fingerprint density at radius 1 is 0.808 bits per heavy atom. The summed E-state index contributed by atoms with van der Waals surface area (Å²) in [6.45, 7) is 10.8. The van der Waals surface area contributed by atoms with E-state index in [1.807, 2.05) is 0 Å². The highest BCUT2D eigenvalue weighted by molar-refractivity contribution is 7.48. The van der Waals surface area contributed by atoms with E-state index in [0.717, 1.165) is 51.4 Å². The van der Waals surface area contributed by atoms with Gasteiger partial charge < -0.3 is 0 Å². The van der Waals surface area contributed by atoms with Crippen LogP contribution in [0, 0.1) is 11.8 Å². The van der Waals surface area contributed by atoms with Crippen molar-refractivity contribution in [3.63, 3.8) is 0 Å². The third kappa shape index (κ3) is 12.2. The summed E-state index contributed by atoms with van der Waals surface area (Å²) in [5.41, 5.74) is 0. The van der Waals surface area contributed by atoms with Gasteiger partial charge in [-0.25, -0.2) is 4.57 Å². The number of carbonyl (C=O) groups excluding carboxylic acids is 1. The molecular weight excluding hydrogens is 351 g/mol. The van der Waals surface area contributed by atoms with E-state index in [4.69, 9.17) is 13.6 Å². The molecule has 5 nitrogen and oxygen atoms in total. The highest BCUT2D eigenvalue weighted by Gasteiger charge is 2.30. The van der Waals surface area contributed by atoms with E-state index in [2.05, 4.69) is 27.7 Å². The molecule has 0 aromatic heterocycles. The smallest absolute Gasteiger partial charge is 0.297 e. The quantitative estimate of drug-likeness (QED) is 0.247. The summed E-state index contributed by atoms with van der Waals surface area (Å²) in [7, 11) is -3.71. The molecule has 0 radical (unpaired) electrons. The number of ketones is 1. The SMILES string of the molecule is CCCCC(CC)COP(=O)(OCC(=O)CC)OCC(CC)CCCC. The van der Waals surface area contributed by atoms with Crippen molar-refractivity contribution < 1.29 is 22.9 Å². The third-order valence-corrected chi connectivity index (χ3v) is 6.18. The highest BCUT2D eigenvalue weighted by atomic mass is 31.2. The summed E-state index contributed by atoms with van der Waals surface area (Å²) >= 11 is 0. The number of rotatable bonds is 18. The largest absolute Gasteiger partial charge is 0.475 e. The first-order valence-electron chi connectivity index (χ1n) is 10.5. The van der Waals surface area contributed by atoms with Crippen LogP contribution >= 0.6 is 7.82 Å². The average molecular weight is 393 g/mol. The molecule has 0 aliphatic carbocycles.